The van der Waals surface area contributed by atoms with Crippen LogP contribution in [0.5, 0.6) is 0 Å². The Morgan fingerprint density at radius 2 is 1.95 bits per heavy atom. The zero-order valence-corrected chi connectivity index (χ0v) is 15.5. The van der Waals surface area contributed by atoms with Gasteiger partial charge in [-0.3, -0.25) is 4.98 Å². The van der Waals surface area contributed by atoms with E-state index in [4.69, 9.17) is 4.43 Å². The number of aliphatic hydroxyl groups is 1. The van der Waals surface area contributed by atoms with E-state index in [2.05, 4.69) is 54.8 Å². The predicted molar refractivity (Wildman–Crippen MR) is 87.1 cm³/mol. The molecule has 0 unspecified atom stereocenters. The first-order valence-electron chi connectivity index (χ1n) is 7.06. The molecule has 0 bridgehead atoms. The summed E-state index contributed by atoms with van der Waals surface area (Å²) in [5.41, 5.74) is 0.541. The Bertz CT molecular complexity index is 476. The quantitative estimate of drug-likeness (QED) is 0.823. The standard InChI is InChI=1S/C15H24BrNO2Si/c1-14(2,3)20(4,5)19-15(8-12(18)9-15)13-7-6-11(16)10-17-13/h6-7,10,12,18H,8-9H2,1-5H3. The van der Waals surface area contributed by atoms with Crippen LogP contribution in [0.25, 0.3) is 0 Å². The highest BCUT2D eigenvalue weighted by Crippen LogP contribution is 2.50. The van der Waals surface area contributed by atoms with E-state index in [1.54, 1.807) is 6.20 Å². The zero-order valence-electron chi connectivity index (χ0n) is 12.9. The molecule has 1 aromatic heterocycles. The SMILES string of the molecule is CC(C)(C)[Si](C)(C)OC1(c2ccc(Br)cn2)CC(O)C1. The average Bonchev–Trinajstić information content (AvgIpc) is 2.25. The van der Waals surface area contributed by atoms with Crippen LogP contribution in [0.4, 0.5) is 0 Å². The van der Waals surface area contributed by atoms with Crippen LogP contribution < -0.4 is 0 Å². The molecule has 1 fully saturated rings. The van der Waals surface area contributed by atoms with Gasteiger partial charge in [-0.2, -0.15) is 0 Å². The van der Waals surface area contributed by atoms with Gasteiger partial charge in [-0.15, -0.1) is 0 Å². The largest absolute Gasteiger partial charge is 0.406 e. The third kappa shape index (κ3) is 3.01. The fourth-order valence-corrected chi connectivity index (χ4v) is 4.12. The molecule has 3 nitrogen and oxygen atoms in total. The van der Waals surface area contributed by atoms with Gasteiger partial charge >= 0.3 is 0 Å². The Balaban J connectivity index is 2.30. The van der Waals surface area contributed by atoms with Crippen molar-refractivity contribution in [3.8, 4) is 0 Å². The van der Waals surface area contributed by atoms with E-state index in [1.807, 2.05) is 12.1 Å². The van der Waals surface area contributed by atoms with Gasteiger partial charge in [-0.05, 0) is 46.2 Å². The Hall–Kier alpha value is -0.233. The lowest BCUT2D eigenvalue weighted by Gasteiger charge is -2.51. The number of pyridine rings is 1. The summed E-state index contributed by atoms with van der Waals surface area (Å²) in [6.07, 6.45) is 2.82. The van der Waals surface area contributed by atoms with Gasteiger partial charge in [-0.25, -0.2) is 0 Å². The molecule has 20 heavy (non-hydrogen) atoms. The van der Waals surface area contributed by atoms with Gasteiger partial charge < -0.3 is 9.53 Å². The van der Waals surface area contributed by atoms with Crippen LogP contribution >= 0.6 is 15.9 Å². The fourth-order valence-electron chi connectivity index (χ4n) is 2.33. The lowest BCUT2D eigenvalue weighted by atomic mass is 9.75. The molecule has 0 atom stereocenters. The van der Waals surface area contributed by atoms with E-state index in [0.29, 0.717) is 12.8 Å². The third-order valence-electron chi connectivity index (χ3n) is 4.58. The second-order valence-corrected chi connectivity index (χ2v) is 12.9. The summed E-state index contributed by atoms with van der Waals surface area (Å²) >= 11 is 3.41. The first-order chi connectivity index (χ1) is 9.06. The Kier molecular flexibility index (Phi) is 4.19. The van der Waals surface area contributed by atoms with Gasteiger partial charge in [0.05, 0.1) is 11.8 Å². The molecule has 1 aliphatic carbocycles. The molecule has 1 N–H and O–H groups in total. The van der Waals surface area contributed by atoms with Crippen molar-refractivity contribution in [1.82, 2.24) is 4.98 Å². The smallest absolute Gasteiger partial charge is 0.193 e. The molecule has 112 valence electrons. The van der Waals surface area contributed by atoms with Crippen molar-refractivity contribution in [2.75, 3.05) is 0 Å². The van der Waals surface area contributed by atoms with Crippen molar-refractivity contribution in [2.24, 2.45) is 0 Å². The summed E-state index contributed by atoms with van der Waals surface area (Å²) in [6.45, 7) is 11.2. The highest BCUT2D eigenvalue weighted by atomic mass is 79.9. The third-order valence-corrected chi connectivity index (χ3v) is 9.56. The van der Waals surface area contributed by atoms with Gasteiger partial charge in [0.1, 0.15) is 5.60 Å². The molecule has 5 heteroatoms. The first kappa shape index (κ1) is 16.1. The van der Waals surface area contributed by atoms with E-state index in [-0.39, 0.29) is 11.1 Å². The lowest BCUT2D eigenvalue weighted by Crippen LogP contribution is -2.55. The van der Waals surface area contributed by atoms with Crippen molar-refractivity contribution in [3.63, 3.8) is 0 Å². The zero-order chi connectivity index (χ0) is 15.2. The number of halogens is 1. The second kappa shape index (κ2) is 5.20. The second-order valence-electron chi connectivity index (χ2n) is 7.28. The van der Waals surface area contributed by atoms with Crippen LogP contribution in [0.3, 0.4) is 0 Å². The average molecular weight is 358 g/mol. The summed E-state index contributed by atoms with van der Waals surface area (Å²) < 4.78 is 7.58. The van der Waals surface area contributed by atoms with E-state index in [0.717, 1.165) is 10.2 Å². The molecular formula is C15H24BrNO2Si. The molecule has 1 heterocycles. The van der Waals surface area contributed by atoms with E-state index < -0.39 is 13.9 Å². The van der Waals surface area contributed by atoms with Gasteiger partial charge in [0.15, 0.2) is 8.32 Å². The summed E-state index contributed by atoms with van der Waals surface area (Å²) in [5, 5.41) is 9.95. The predicted octanol–water partition coefficient (Wildman–Crippen LogP) is 4.22. The Morgan fingerprint density at radius 1 is 1.35 bits per heavy atom. The van der Waals surface area contributed by atoms with Gasteiger partial charge in [0.25, 0.3) is 0 Å². The molecule has 1 aromatic rings. The van der Waals surface area contributed by atoms with Crippen LogP contribution in [0.1, 0.15) is 39.3 Å². The maximum absolute atomic E-state index is 9.80. The summed E-state index contributed by atoms with van der Waals surface area (Å²) in [6, 6.07) is 3.99. The highest BCUT2D eigenvalue weighted by molar-refractivity contribution is 9.10. The number of hydrogen-bond acceptors (Lipinski definition) is 3. The van der Waals surface area contributed by atoms with Crippen LogP contribution in [0.2, 0.25) is 18.1 Å². The molecule has 0 spiro atoms. The number of aliphatic hydroxyl groups excluding tert-OH is 1. The highest BCUT2D eigenvalue weighted by Gasteiger charge is 2.52. The lowest BCUT2D eigenvalue weighted by molar-refractivity contribution is -0.111. The maximum Gasteiger partial charge on any atom is 0.193 e. The molecule has 2 rings (SSSR count). The topological polar surface area (TPSA) is 42.4 Å². The minimum absolute atomic E-state index is 0.149. The molecule has 0 aromatic carbocycles. The first-order valence-corrected chi connectivity index (χ1v) is 10.8. The molecular weight excluding hydrogens is 334 g/mol. The minimum Gasteiger partial charge on any atom is -0.406 e. The summed E-state index contributed by atoms with van der Waals surface area (Å²) in [7, 11) is -1.90. The maximum atomic E-state index is 9.80. The number of hydrogen-bond donors (Lipinski definition) is 1. The van der Waals surface area contributed by atoms with Crippen molar-refractivity contribution in [1.29, 1.82) is 0 Å². The van der Waals surface area contributed by atoms with Gasteiger partial charge in [0, 0.05) is 23.5 Å². The number of aromatic nitrogens is 1. The van der Waals surface area contributed by atoms with E-state index >= 15 is 0 Å². The molecule has 0 aliphatic heterocycles. The monoisotopic (exact) mass is 357 g/mol. The van der Waals surface area contributed by atoms with Crippen molar-refractivity contribution in [2.45, 2.75) is 63.5 Å². The van der Waals surface area contributed by atoms with Crippen molar-refractivity contribution < 1.29 is 9.53 Å². The fraction of sp³-hybridized carbons (Fsp3) is 0.667. The Labute approximate surface area is 131 Å². The molecule has 0 amide bonds. The number of rotatable bonds is 3. The van der Waals surface area contributed by atoms with Gasteiger partial charge in [-0.1, -0.05) is 20.8 Å². The number of nitrogens with zero attached hydrogens (tertiary/aromatic N) is 1. The van der Waals surface area contributed by atoms with E-state index in [1.165, 1.54) is 0 Å². The van der Waals surface area contributed by atoms with Crippen LogP contribution in [0.15, 0.2) is 22.8 Å². The summed E-state index contributed by atoms with van der Waals surface area (Å²) in [4.78, 5) is 4.51. The van der Waals surface area contributed by atoms with Crippen LogP contribution in [0, 0.1) is 0 Å². The van der Waals surface area contributed by atoms with Crippen molar-refractivity contribution >= 4 is 24.2 Å². The van der Waals surface area contributed by atoms with E-state index in [9.17, 15) is 5.11 Å². The molecule has 0 radical (unpaired) electrons. The molecule has 1 saturated carbocycles. The summed E-state index contributed by atoms with van der Waals surface area (Å²) in [5.74, 6) is 0. The van der Waals surface area contributed by atoms with Crippen LogP contribution in [-0.2, 0) is 10.0 Å². The Morgan fingerprint density at radius 3 is 2.35 bits per heavy atom. The molecule has 1 aliphatic rings. The van der Waals surface area contributed by atoms with Crippen molar-refractivity contribution in [3.05, 3.63) is 28.5 Å². The molecule has 0 saturated heterocycles. The van der Waals surface area contributed by atoms with Gasteiger partial charge in [0.2, 0.25) is 0 Å². The normalized spacial score (nSPS) is 27.2. The van der Waals surface area contributed by atoms with Crippen LogP contribution in [-0.4, -0.2) is 24.5 Å². The minimum atomic E-state index is -1.90.